The first-order valence-electron chi connectivity index (χ1n) is 4.93. The van der Waals surface area contributed by atoms with Gasteiger partial charge in [-0.1, -0.05) is 13.8 Å². The Bertz CT molecular complexity index is 297. The predicted molar refractivity (Wildman–Crippen MR) is 52.6 cm³/mol. The number of nitrogens with one attached hydrogen (secondary N) is 1. The van der Waals surface area contributed by atoms with Crippen molar-refractivity contribution in [2.24, 2.45) is 5.73 Å². The van der Waals surface area contributed by atoms with Crippen molar-refractivity contribution in [1.82, 2.24) is 9.97 Å². The fraction of sp³-hybridized carbons (Fsp3) is 0.700. The maximum absolute atomic E-state index is 5.73. The summed E-state index contributed by atoms with van der Waals surface area (Å²) in [5.41, 5.74) is 7.15. The van der Waals surface area contributed by atoms with Crippen LogP contribution in [0.1, 0.15) is 44.1 Å². The molecule has 0 aromatic carbocycles. The van der Waals surface area contributed by atoms with E-state index in [9.17, 15) is 0 Å². The second-order valence-corrected chi connectivity index (χ2v) is 4.33. The molecule has 3 N–H and O–H groups in total. The lowest BCUT2D eigenvalue weighted by atomic mass is 10.1. The van der Waals surface area contributed by atoms with E-state index in [2.05, 4.69) is 23.8 Å². The van der Waals surface area contributed by atoms with Crippen molar-refractivity contribution in [3.05, 3.63) is 17.7 Å². The summed E-state index contributed by atoms with van der Waals surface area (Å²) < 4.78 is 0. The largest absolute Gasteiger partial charge is 0.345 e. The first-order chi connectivity index (χ1) is 6.18. The quantitative estimate of drug-likeness (QED) is 0.739. The number of imidazole rings is 1. The summed E-state index contributed by atoms with van der Waals surface area (Å²) in [6.45, 7) is 5.05. The maximum Gasteiger partial charge on any atom is 0.113 e. The van der Waals surface area contributed by atoms with Gasteiger partial charge in [-0.2, -0.15) is 0 Å². The van der Waals surface area contributed by atoms with Gasteiger partial charge in [-0.15, -0.1) is 0 Å². The molecule has 0 unspecified atom stereocenters. The third-order valence-corrected chi connectivity index (χ3v) is 2.96. The van der Waals surface area contributed by atoms with Gasteiger partial charge in [0.05, 0.1) is 0 Å². The lowest BCUT2D eigenvalue weighted by Crippen LogP contribution is -2.21. The summed E-state index contributed by atoms with van der Waals surface area (Å²) >= 11 is 0. The first kappa shape index (κ1) is 8.75. The molecule has 0 saturated heterocycles. The van der Waals surface area contributed by atoms with Crippen LogP contribution in [0.5, 0.6) is 0 Å². The number of hydrogen-bond donors (Lipinski definition) is 2. The van der Waals surface area contributed by atoms with E-state index >= 15 is 0 Å². The molecule has 0 radical (unpaired) electrons. The lowest BCUT2D eigenvalue weighted by Gasteiger charge is -2.08. The molecule has 3 heteroatoms. The van der Waals surface area contributed by atoms with Gasteiger partial charge in [0.15, 0.2) is 0 Å². The molecule has 1 aromatic heterocycles. The lowest BCUT2D eigenvalue weighted by molar-refractivity contribution is 0.654. The Kier molecular flexibility index (Phi) is 1.91. The number of rotatable bonds is 3. The van der Waals surface area contributed by atoms with Gasteiger partial charge in [-0.05, 0) is 18.8 Å². The summed E-state index contributed by atoms with van der Waals surface area (Å²) in [4.78, 5) is 7.78. The van der Waals surface area contributed by atoms with E-state index in [1.54, 1.807) is 0 Å². The number of nitrogens with zero attached hydrogens (tertiary/aromatic N) is 1. The normalized spacial score (nSPS) is 19.4. The number of H-pyrrole nitrogens is 1. The van der Waals surface area contributed by atoms with Crippen molar-refractivity contribution in [3.63, 3.8) is 0 Å². The van der Waals surface area contributed by atoms with Crippen LogP contribution in [0.3, 0.4) is 0 Å². The van der Waals surface area contributed by atoms with Crippen LogP contribution in [0.4, 0.5) is 0 Å². The van der Waals surface area contributed by atoms with Gasteiger partial charge in [0.25, 0.3) is 0 Å². The van der Waals surface area contributed by atoms with Gasteiger partial charge in [-0.3, -0.25) is 0 Å². The first-order valence-corrected chi connectivity index (χ1v) is 4.93. The summed E-state index contributed by atoms with van der Waals surface area (Å²) in [5.74, 6) is 1.62. The average Bonchev–Trinajstić information content (AvgIpc) is 2.75. The van der Waals surface area contributed by atoms with Crippen molar-refractivity contribution >= 4 is 0 Å². The standard InChI is InChI=1S/C10H17N3/c1-7(2)8-5-12-9(13-8)10(6-11)3-4-10/h5,7H,3-4,6,11H2,1-2H3,(H,12,13). The Labute approximate surface area is 78.7 Å². The van der Waals surface area contributed by atoms with Crippen molar-refractivity contribution in [2.45, 2.75) is 38.0 Å². The van der Waals surface area contributed by atoms with Crippen molar-refractivity contribution in [1.29, 1.82) is 0 Å². The zero-order chi connectivity index (χ0) is 9.47. The van der Waals surface area contributed by atoms with Crippen LogP contribution >= 0.6 is 0 Å². The topological polar surface area (TPSA) is 54.7 Å². The second kappa shape index (κ2) is 2.84. The molecule has 0 amide bonds. The molecule has 0 spiro atoms. The highest BCUT2D eigenvalue weighted by atomic mass is 15.0. The third-order valence-electron chi connectivity index (χ3n) is 2.96. The molecular formula is C10H17N3. The smallest absolute Gasteiger partial charge is 0.113 e. The molecule has 2 rings (SSSR count). The minimum Gasteiger partial charge on any atom is -0.345 e. The summed E-state index contributed by atoms with van der Waals surface area (Å²) in [5, 5.41) is 0. The van der Waals surface area contributed by atoms with Crippen molar-refractivity contribution < 1.29 is 0 Å². The molecule has 1 aliphatic carbocycles. The van der Waals surface area contributed by atoms with Crippen molar-refractivity contribution in [3.8, 4) is 0 Å². The summed E-state index contributed by atoms with van der Waals surface area (Å²) in [6, 6.07) is 0. The average molecular weight is 179 g/mol. The summed E-state index contributed by atoms with van der Waals surface area (Å²) in [6.07, 6.45) is 4.32. The Morgan fingerprint density at radius 2 is 2.31 bits per heavy atom. The SMILES string of the molecule is CC(C)c1cnc(C2(CN)CC2)[nH]1. The minimum absolute atomic E-state index is 0.202. The van der Waals surface area contributed by atoms with Gasteiger partial charge >= 0.3 is 0 Å². The van der Waals surface area contributed by atoms with E-state index in [1.165, 1.54) is 18.5 Å². The number of aromatic amines is 1. The van der Waals surface area contributed by atoms with E-state index in [0.717, 1.165) is 12.4 Å². The molecule has 1 fully saturated rings. The molecule has 13 heavy (non-hydrogen) atoms. The van der Waals surface area contributed by atoms with Crippen LogP contribution in [0.25, 0.3) is 0 Å². The van der Waals surface area contributed by atoms with Crippen LogP contribution in [-0.4, -0.2) is 16.5 Å². The number of nitrogens with two attached hydrogens (primary N) is 1. The van der Waals surface area contributed by atoms with Crippen LogP contribution in [-0.2, 0) is 5.41 Å². The third kappa shape index (κ3) is 1.37. The molecule has 3 nitrogen and oxygen atoms in total. The zero-order valence-electron chi connectivity index (χ0n) is 8.30. The molecule has 0 atom stereocenters. The molecule has 1 aliphatic rings. The molecule has 1 saturated carbocycles. The van der Waals surface area contributed by atoms with Gasteiger partial charge < -0.3 is 10.7 Å². The van der Waals surface area contributed by atoms with E-state index < -0.39 is 0 Å². The highest BCUT2D eigenvalue weighted by Crippen LogP contribution is 2.45. The van der Waals surface area contributed by atoms with Crippen molar-refractivity contribution in [2.75, 3.05) is 6.54 Å². The van der Waals surface area contributed by atoms with Crippen LogP contribution < -0.4 is 5.73 Å². The molecule has 0 bridgehead atoms. The Morgan fingerprint density at radius 1 is 1.62 bits per heavy atom. The van der Waals surface area contributed by atoms with Gasteiger partial charge in [0.2, 0.25) is 0 Å². The number of hydrogen-bond acceptors (Lipinski definition) is 2. The molecule has 0 aliphatic heterocycles. The van der Waals surface area contributed by atoms with E-state index in [4.69, 9.17) is 5.73 Å². The monoisotopic (exact) mass is 179 g/mol. The fourth-order valence-corrected chi connectivity index (χ4v) is 1.59. The maximum atomic E-state index is 5.73. The van der Waals surface area contributed by atoms with Gasteiger partial charge in [0.1, 0.15) is 5.82 Å². The van der Waals surface area contributed by atoms with Crippen LogP contribution in [0.15, 0.2) is 6.20 Å². The number of aromatic nitrogens is 2. The van der Waals surface area contributed by atoms with E-state index in [0.29, 0.717) is 5.92 Å². The molecule has 72 valence electrons. The molecule has 1 aromatic rings. The van der Waals surface area contributed by atoms with Crippen LogP contribution in [0, 0.1) is 0 Å². The van der Waals surface area contributed by atoms with Gasteiger partial charge in [-0.25, -0.2) is 4.98 Å². The molecule has 1 heterocycles. The summed E-state index contributed by atoms with van der Waals surface area (Å²) in [7, 11) is 0. The van der Waals surface area contributed by atoms with E-state index in [1.807, 2.05) is 6.20 Å². The zero-order valence-corrected chi connectivity index (χ0v) is 8.30. The van der Waals surface area contributed by atoms with Gasteiger partial charge in [0, 0.05) is 23.9 Å². The fourth-order valence-electron chi connectivity index (χ4n) is 1.59. The van der Waals surface area contributed by atoms with Crippen LogP contribution in [0.2, 0.25) is 0 Å². The highest BCUT2D eigenvalue weighted by Gasteiger charge is 2.45. The Morgan fingerprint density at radius 3 is 2.69 bits per heavy atom. The molecular weight excluding hydrogens is 162 g/mol. The highest BCUT2D eigenvalue weighted by molar-refractivity contribution is 5.21. The minimum atomic E-state index is 0.202. The van der Waals surface area contributed by atoms with E-state index in [-0.39, 0.29) is 5.41 Å². The second-order valence-electron chi connectivity index (χ2n) is 4.33. The Balaban J connectivity index is 2.23. The predicted octanol–water partition coefficient (Wildman–Crippen LogP) is 1.52. The Hall–Kier alpha value is -0.830.